The summed E-state index contributed by atoms with van der Waals surface area (Å²) in [5, 5.41) is 3.09. The summed E-state index contributed by atoms with van der Waals surface area (Å²) in [6.07, 6.45) is 1.74. The van der Waals surface area contributed by atoms with Gasteiger partial charge in [-0.25, -0.2) is 4.39 Å². The lowest BCUT2D eigenvalue weighted by molar-refractivity contribution is -0.119. The number of halogens is 2. The fourth-order valence-electron chi connectivity index (χ4n) is 1.95. The molecule has 1 aromatic rings. The van der Waals surface area contributed by atoms with Crippen LogP contribution in [-0.2, 0) is 10.2 Å². The maximum Gasteiger partial charge on any atom is 0.233 e. The Hall–Kier alpha value is -1.13. The van der Waals surface area contributed by atoms with Crippen molar-refractivity contribution in [1.29, 1.82) is 0 Å². The van der Waals surface area contributed by atoms with Gasteiger partial charge in [-0.3, -0.25) is 4.79 Å². The number of carbonyl (C=O) groups excluding carboxylic acids is 1. The van der Waals surface area contributed by atoms with Crippen LogP contribution >= 0.6 is 11.6 Å². The van der Waals surface area contributed by atoms with E-state index in [1.165, 1.54) is 6.07 Å². The van der Waals surface area contributed by atoms with Crippen LogP contribution in [0.3, 0.4) is 0 Å². The fraction of sp³-hybridized carbons (Fsp3) is 0.417. The summed E-state index contributed by atoms with van der Waals surface area (Å²) in [4.78, 5) is 11.1. The average molecular weight is 257 g/mol. The minimum absolute atomic E-state index is 0.0425. The first-order valence-electron chi connectivity index (χ1n) is 5.50. The zero-order chi connectivity index (χ0) is 12.5. The summed E-state index contributed by atoms with van der Waals surface area (Å²) in [5.74, 6) is -0.525. The summed E-state index contributed by atoms with van der Waals surface area (Å²) >= 11 is 5.71. The van der Waals surface area contributed by atoms with E-state index < -0.39 is 0 Å². The van der Waals surface area contributed by atoms with Crippen molar-refractivity contribution in [2.24, 2.45) is 5.73 Å². The maximum atomic E-state index is 13.8. The van der Waals surface area contributed by atoms with Crippen LogP contribution in [0.4, 0.5) is 4.39 Å². The third-order valence-electron chi connectivity index (χ3n) is 3.17. The van der Waals surface area contributed by atoms with Gasteiger partial charge in [-0.15, -0.1) is 0 Å². The van der Waals surface area contributed by atoms with Gasteiger partial charge in [0, 0.05) is 17.0 Å². The lowest BCUT2D eigenvalue weighted by Crippen LogP contribution is -2.36. The highest BCUT2D eigenvalue weighted by Gasteiger charge is 2.46. The molecule has 1 aromatic carbocycles. The topological polar surface area (TPSA) is 55.1 Å². The number of nitrogens with one attached hydrogen (secondary N) is 1. The number of amides is 1. The van der Waals surface area contributed by atoms with Crippen molar-refractivity contribution < 1.29 is 9.18 Å². The molecule has 1 amide bonds. The SMILES string of the molecule is NCC(=O)NCC1(c2ccc(Cl)cc2F)CC1. The number of hydrogen-bond donors (Lipinski definition) is 2. The third kappa shape index (κ3) is 2.58. The lowest BCUT2D eigenvalue weighted by Gasteiger charge is -2.17. The summed E-state index contributed by atoms with van der Waals surface area (Å²) < 4.78 is 13.8. The highest BCUT2D eigenvalue weighted by molar-refractivity contribution is 6.30. The van der Waals surface area contributed by atoms with Gasteiger partial charge >= 0.3 is 0 Å². The molecule has 0 atom stereocenters. The van der Waals surface area contributed by atoms with E-state index in [1.54, 1.807) is 12.1 Å². The molecule has 0 saturated heterocycles. The van der Waals surface area contributed by atoms with Gasteiger partial charge in [0.05, 0.1) is 6.54 Å². The molecule has 0 bridgehead atoms. The molecule has 1 fully saturated rings. The van der Waals surface area contributed by atoms with Gasteiger partial charge < -0.3 is 11.1 Å². The Kier molecular flexibility index (Phi) is 3.35. The zero-order valence-electron chi connectivity index (χ0n) is 9.30. The Morgan fingerprint density at radius 2 is 2.24 bits per heavy atom. The van der Waals surface area contributed by atoms with Crippen LogP contribution in [0.25, 0.3) is 0 Å². The molecule has 1 aliphatic rings. The minimum Gasteiger partial charge on any atom is -0.354 e. The first-order chi connectivity index (χ1) is 8.07. The second-order valence-electron chi connectivity index (χ2n) is 4.39. The van der Waals surface area contributed by atoms with E-state index in [2.05, 4.69) is 5.32 Å². The normalized spacial score (nSPS) is 16.6. The van der Waals surface area contributed by atoms with E-state index in [1.807, 2.05) is 0 Å². The second kappa shape index (κ2) is 4.63. The summed E-state index contributed by atoms with van der Waals surface area (Å²) in [7, 11) is 0. The van der Waals surface area contributed by atoms with E-state index in [4.69, 9.17) is 17.3 Å². The first kappa shape index (κ1) is 12.3. The Labute approximate surface area is 104 Å². The Balaban J connectivity index is 2.13. The number of rotatable bonds is 4. The zero-order valence-corrected chi connectivity index (χ0v) is 10.1. The predicted molar refractivity (Wildman–Crippen MR) is 64.4 cm³/mol. The molecule has 3 N–H and O–H groups in total. The predicted octanol–water partition coefficient (Wildman–Crippen LogP) is 1.59. The molecule has 2 rings (SSSR count). The molecule has 17 heavy (non-hydrogen) atoms. The van der Waals surface area contributed by atoms with Crippen LogP contribution in [0.2, 0.25) is 5.02 Å². The maximum absolute atomic E-state index is 13.8. The van der Waals surface area contributed by atoms with Gasteiger partial charge in [-0.05, 0) is 30.5 Å². The number of benzene rings is 1. The lowest BCUT2D eigenvalue weighted by atomic mass is 9.95. The molecule has 0 radical (unpaired) electrons. The van der Waals surface area contributed by atoms with Crippen LogP contribution < -0.4 is 11.1 Å². The third-order valence-corrected chi connectivity index (χ3v) is 3.40. The van der Waals surface area contributed by atoms with Gasteiger partial charge in [0.1, 0.15) is 5.82 Å². The number of nitrogens with two attached hydrogens (primary N) is 1. The quantitative estimate of drug-likeness (QED) is 0.860. The van der Waals surface area contributed by atoms with Gasteiger partial charge in [0.15, 0.2) is 0 Å². The van der Waals surface area contributed by atoms with Crippen LogP contribution in [0.5, 0.6) is 0 Å². The smallest absolute Gasteiger partial charge is 0.233 e. The second-order valence-corrected chi connectivity index (χ2v) is 4.82. The summed E-state index contributed by atoms with van der Waals surface area (Å²) in [5.41, 5.74) is 5.57. The molecule has 0 aliphatic heterocycles. The van der Waals surface area contributed by atoms with Gasteiger partial charge in [-0.1, -0.05) is 17.7 Å². The molecule has 3 nitrogen and oxygen atoms in total. The van der Waals surface area contributed by atoms with E-state index in [0.29, 0.717) is 17.1 Å². The Morgan fingerprint density at radius 1 is 1.53 bits per heavy atom. The molecular formula is C12H14ClFN2O. The molecular weight excluding hydrogens is 243 g/mol. The van der Waals surface area contributed by atoms with Gasteiger partial charge in [0.25, 0.3) is 0 Å². The molecule has 0 aromatic heterocycles. The van der Waals surface area contributed by atoms with Crippen LogP contribution in [-0.4, -0.2) is 19.0 Å². The number of carbonyl (C=O) groups is 1. The molecule has 1 saturated carbocycles. The minimum atomic E-state index is -0.308. The molecule has 0 spiro atoms. The highest BCUT2D eigenvalue weighted by atomic mass is 35.5. The van der Waals surface area contributed by atoms with Crippen LogP contribution in [0.15, 0.2) is 18.2 Å². The van der Waals surface area contributed by atoms with Crippen molar-refractivity contribution in [1.82, 2.24) is 5.32 Å². The largest absolute Gasteiger partial charge is 0.354 e. The van der Waals surface area contributed by atoms with Crippen molar-refractivity contribution in [3.8, 4) is 0 Å². The highest BCUT2D eigenvalue weighted by Crippen LogP contribution is 2.48. The van der Waals surface area contributed by atoms with E-state index in [-0.39, 0.29) is 23.7 Å². The molecule has 5 heteroatoms. The van der Waals surface area contributed by atoms with E-state index >= 15 is 0 Å². The van der Waals surface area contributed by atoms with E-state index in [0.717, 1.165) is 12.8 Å². The average Bonchev–Trinajstić information content (AvgIpc) is 3.07. The molecule has 92 valence electrons. The van der Waals surface area contributed by atoms with Crippen molar-refractivity contribution in [2.45, 2.75) is 18.3 Å². The van der Waals surface area contributed by atoms with Crippen LogP contribution in [0.1, 0.15) is 18.4 Å². The van der Waals surface area contributed by atoms with Crippen molar-refractivity contribution in [3.05, 3.63) is 34.6 Å². The van der Waals surface area contributed by atoms with Crippen molar-refractivity contribution in [3.63, 3.8) is 0 Å². The molecule has 0 unspecified atom stereocenters. The monoisotopic (exact) mass is 256 g/mol. The summed E-state index contributed by atoms with van der Waals surface area (Å²) in [6.45, 7) is 0.390. The molecule has 0 heterocycles. The fourth-order valence-corrected chi connectivity index (χ4v) is 2.11. The standard InChI is InChI=1S/C12H14ClFN2O/c13-8-1-2-9(10(14)5-8)12(3-4-12)7-16-11(17)6-15/h1-2,5H,3-4,6-7,15H2,(H,16,17). The first-order valence-corrected chi connectivity index (χ1v) is 5.87. The Bertz CT molecular complexity index is 446. The molecule has 1 aliphatic carbocycles. The van der Waals surface area contributed by atoms with Gasteiger partial charge in [-0.2, -0.15) is 0 Å². The van der Waals surface area contributed by atoms with Gasteiger partial charge in [0.2, 0.25) is 5.91 Å². The number of hydrogen-bond acceptors (Lipinski definition) is 2. The Morgan fingerprint density at radius 3 is 2.76 bits per heavy atom. The summed E-state index contributed by atoms with van der Waals surface area (Å²) in [6, 6.07) is 4.67. The van der Waals surface area contributed by atoms with E-state index in [9.17, 15) is 9.18 Å². The van der Waals surface area contributed by atoms with Crippen LogP contribution in [0, 0.1) is 5.82 Å². The van der Waals surface area contributed by atoms with Crippen molar-refractivity contribution >= 4 is 17.5 Å². The van der Waals surface area contributed by atoms with Crippen molar-refractivity contribution in [2.75, 3.05) is 13.1 Å².